The number of piperazine rings is 1. The summed E-state index contributed by atoms with van der Waals surface area (Å²) < 4.78 is 0. The fourth-order valence-electron chi connectivity index (χ4n) is 3.96. The minimum atomic E-state index is 0.701. The van der Waals surface area contributed by atoms with Crippen molar-refractivity contribution in [1.29, 1.82) is 0 Å². The lowest BCUT2D eigenvalue weighted by Crippen LogP contribution is -2.58. The molecule has 3 nitrogen and oxygen atoms in total. The third-order valence-corrected chi connectivity index (χ3v) is 5.26. The topological polar surface area (TPSA) is 32.5 Å². The second kappa shape index (κ2) is 6.80. The Morgan fingerprint density at radius 3 is 2.90 bits per heavy atom. The largest absolute Gasteiger partial charge is 0.399 e. The van der Waals surface area contributed by atoms with Gasteiger partial charge in [0.05, 0.1) is 0 Å². The lowest BCUT2D eigenvalue weighted by Gasteiger charge is -2.47. The van der Waals surface area contributed by atoms with Crippen LogP contribution in [0.25, 0.3) is 0 Å². The summed E-state index contributed by atoms with van der Waals surface area (Å²) in [4.78, 5) is 5.42. The summed E-state index contributed by atoms with van der Waals surface area (Å²) in [6.07, 6.45) is 6.53. The number of nitrogens with two attached hydrogens (primary N) is 1. The van der Waals surface area contributed by atoms with Gasteiger partial charge in [0.15, 0.2) is 0 Å². The molecule has 0 aromatic heterocycles. The number of para-hydroxylation sites is 1. The highest BCUT2D eigenvalue weighted by Gasteiger charge is 2.32. The molecule has 2 N–H and O–H groups in total. The Hall–Kier alpha value is -1.06. The first kappa shape index (κ1) is 14.9. The first-order valence-corrected chi connectivity index (χ1v) is 8.55. The van der Waals surface area contributed by atoms with Crippen molar-refractivity contribution in [3.63, 3.8) is 0 Å². The molecule has 0 saturated carbocycles. The fourth-order valence-corrected chi connectivity index (χ4v) is 3.96. The Bertz CT molecular complexity index is 460. The summed E-state index contributed by atoms with van der Waals surface area (Å²) in [5.41, 5.74) is 8.29. The van der Waals surface area contributed by atoms with Crippen LogP contribution in [0.4, 0.5) is 5.69 Å². The number of fused-ring (bicyclic) bond motifs is 1. The average Bonchev–Trinajstić information content (AvgIpc) is 2.49. The molecule has 2 atom stereocenters. The molecule has 2 unspecified atom stereocenters. The Morgan fingerprint density at radius 1 is 1.19 bits per heavy atom. The summed E-state index contributed by atoms with van der Waals surface area (Å²) in [6.45, 7) is 7.45. The van der Waals surface area contributed by atoms with E-state index in [9.17, 15) is 0 Å². The fraction of sp³-hybridized carbons (Fsp3) is 0.667. The number of rotatable bonds is 4. The van der Waals surface area contributed by atoms with E-state index < -0.39 is 0 Å². The monoisotopic (exact) mass is 287 g/mol. The molecule has 0 spiro atoms. The number of benzene rings is 1. The van der Waals surface area contributed by atoms with E-state index in [1.807, 2.05) is 12.1 Å². The van der Waals surface area contributed by atoms with Crippen molar-refractivity contribution in [2.24, 2.45) is 0 Å². The van der Waals surface area contributed by atoms with E-state index in [2.05, 4.69) is 28.9 Å². The van der Waals surface area contributed by atoms with Gasteiger partial charge in [-0.2, -0.15) is 0 Å². The van der Waals surface area contributed by atoms with Crippen molar-refractivity contribution in [2.45, 2.75) is 51.1 Å². The number of hydrogen-bond acceptors (Lipinski definition) is 3. The summed E-state index contributed by atoms with van der Waals surface area (Å²) in [5.74, 6) is 0. The van der Waals surface area contributed by atoms with Crippen molar-refractivity contribution in [1.82, 2.24) is 9.80 Å². The smallest absolute Gasteiger partial charge is 0.0346 e. The highest BCUT2D eigenvalue weighted by molar-refractivity contribution is 5.46. The van der Waals surface area contributed by atoms with E-state index in [1.54, 1.807) is 0 Å². The predicted molar refractivity (Wildman–Crippen MR) is 89.4 cm³/mol. The summed E-state index contributed by atoms with van der Waals surface area (Å²) in [7, 11) is 0. The molecule has 2 saturated heterocycles. The van der Waals surface area contributed by atoms with Gasteiger partial charge < -0.3 is 5.73 Å². The standard InChI is InChI=1S/C18H29N3/c1-15-13-21-11-5-4-9-17(21)14-20(15)12-6-8-16-7-2-3-10-18(16)19/h2-3,7,10,15,17H,4-6,8-9,11-14,19H2,1H3. The molecule has 2 aliphatic rings. The molecule has 0 amide bonds. The molecular formula is C18H29N3. The molecule has 2 heterocycles. The molecule has 1 aromatic rings. The Balaban J connectivity index is 1.50. The van der Waals surface area contributed by atoms with Crippen LogP contribution < -0.4 is 5.73 Å². The van der Waals surface area contributed by atoms with Crippen molar-refractivity contribution in [2.75, 3.05) is 31.9 Å². The molecule has 116 valence electrons. The van der Waals surface area contributed by atoms with E-state index in [0.29, 0.717) is 6.04 Å². The molecule has 2 aliphatic heterocycles. The van der Waals surface area contributed by atoms with Crippen LogP contribution in [0.15, 0.2) is 24.3 Å². The lowest BCUT2D eigenvalue weighted by molar-refractivity contribution is 0.0150. The third-order valence-electron chi connectivity index (χ3n) is 5.26. The number of piperidine rings is 1. The van der Waals surface area contributed by atoms with Crippen molar-refractivity contribution in [3.05, 3.63) is 29.8 Å². The van der Waals surface area contributed by atoms with Gasteiger partial charge in [-0.15, -0.1) is 0 Å². The van der Waals surface area contributed by atoms with Crippen molar-refractivity contribution >= 4 is 5.69 Å². The van der Waals surface area contributed by atoms with Gasteiger partial charge in [-0.05, 0) is 57.3 Å². The highest BCUT2D eigenvalue weighted by atomic mass is 15.3. The summed E-state index contributed by atoms with van der Waals surface area (Å²) >= 11 is 0. The van der Waals surface area contributed by atoms with Crippen LogP contribution in [-0.4, -0.2) is 48.1 Å². The molecular weight excluding hydrogens is 258 g/mol. The quantitative estimate of drug-likeness (QED) is 0.864. The molecule has 0 bridgehead atoms. The maximum Gasteiger partial charge on any atom is 0.0346 e. The normalized spacial score (nSPS) is 27.5. The number of anilines is 1. The van der Waals surface area contributed by atoms with Crippen molar-refractivity contribution in [3.8, 4) is 0 Å². The number of nitrogens with zero attached hydrogens (tertiary/aromatic N) is 2. The van der Waals surface area contributed by atoms with Crippen LogP contribution in [0.1, 0.15) is 38.2 Å². The van der Waals surface area contributed by atoms with Gasteiger partial charge in [0.1, 0.15) is 0 Å². The molecule has 0 aliphatic carbocycles. The van der Waals surface area contributed by atoms with Gasteiger partial charge in [-0.1, -0.05) is 24.6 Å². The van der Waals surface area contributed by atoms with Crippen LogP contribution in [0.2, 0.25) is 0 Å². The van der Waals surface area contributed by atoms with Crippen LogP contribution >= 0.6 is 0 Å². The maximum atomic E-state index is 6.03. The average molecular weight is 287 g/mol. The van der Waals surface area contributed by atoms with Gasteiger partial charge >= 0.3 is 0 Å². The van der Waals surface area contributed by atoms with Crippen molar-refractivity contribution < 1.29 is 0 Å². The molecule has 3 rings (SSSR count). The predicted octanol–water partition coefficient (Wildman–Crippen LogP) is 2.76. The van der Waals surface area contributed by atoms with E-state index in [1.165, 1.54) is 57.4 Å². The lowest BCUT2D eigenvalue weighted by atomic mass is 9.97. The van der Waals surface area contributed by atoms with E-state index in [0.717, 1.165) is 18.2 Å². The van der Waals surface area contributed by atoms with E-state index in [4.69, 9.17) is 5.73 Å². The Morgan fingerprint density at radius 2 is 2.05 bits per heavy atom. The summed E-state index contributed by atoms with van der Waals surface area (Å²) in [6, 6.07) is 9.80. The number of hydrogen-bond donors (Lipinski definition) is 1. The van der Waals surface area contributed by atoms with Crippen LogP contribution in [0.3, 0.4) is 0 Å². The number of aryl methyl sites for hydroxylation is 1. The van der Waals surface area contributed by atoms with Gasteiger partial charge in [0.2, 0.25) is 0 Å². The molecule has 21 heavy (non-hydrogen) atoms. The highest BCUT2D eigenvalue weighted by Crippen LogP contribution is 2.24. The van der Waals surface area contributed by atoms with Crippen LogP contribution in [0.5, 0.6) is 0 Å². The SMILES string of the molecule is CC1CN2CCCCC2CN1CCCc1ccccc1N. The minimum absolute atomic E-state index is 0.701. The number of nitrogen functional groups attached to an aromatic ring is 1. The Kier molecular flexibility index (Phi) is 4.81. The zero-order chi connectivity index (χ0) is 14.7. The first-order valence-electron chi connectivity index (χ1n) is 8.55. The van der Waals surface area contributed by atoms with E-state index in [-0.39, 0.29) is 0 Å². The summed E-state index contributed by atoms with van der Waals surface area (Å²) in [5, 5.41) is 0. The zero-order valence-electron chi connectivity index (χ0n) is 13.3. The minimum Gasteiger partial charge on any atom is -0.399 e. The van der Waals surface area contributed by atoms with Gasteiger partial charge in [-0.25, -0.2) is 0 Å². The molecule has 0 radical (unpaired) electrons. The maximum absolute atomic E-state index is 6.03. The molecule has 3 heteroatoms. The second-order valence-electron chi connectivity index (χ2n) is 6.79. The molecule has 2 fully saturated rings. The van der Waals surface area contributed by atoms with E-state index >= 15 is 0 Å². The molecule has 1 aromatic carbocycles. The third kappa shape index (κ3) is 3.58. The van der Waals surface area contributed by atoms with Crippen LogP contribution in [-0.2, 0) is 6.42 Å². The first-order chi connectivity index (χ1) is 10.2. The van der Waals surface area contributed by atoms with Gasteiger partial charge in [0, 0.05) is 30.9 Å². The second-order valence-corrected chi connectivity index (χ2v) is 6.79. The Labute approximate surface area is 129 Å². The van der Waals surface area contributed by atoms with Gasteiger partial charge in [-0.3, -0.25) is 9.80 Å². The van der Waals surface area contributed by atoms with Gasteiger partial charge in [0.25, 0.3) is 0 Å². The zero-order valence-corrected chi connectivity index (χ0v) is 13.3. The van der Waals surface area contributed by atoms with Crippen LogP contribution in [0, 0.1) is 0 Å².